The summed E-state index contributed by atoms with van der Waals surface area (Å²) < 4.78 is 38.0. The molecule has 1 aromatic rings. The molecule has 0 spiro atoms. The fraction of sp³-hybridized carbons (Fsp3) is 0.467. The summed E-state index contributed by atoms with van der Waals surface area (Å²) in [5.41, 5.74) is 10.9. The fourth-order valence-corrected chi connectivity index (χ4v) is 2.53. The Bertz CT molecular complexity index is 619. The van der Waals surface area contributed by atoms with E-state index in [1.54, 1.807) is 0 Å². The summed E-state index contributed by atoms with van der Waals surface area (Å²) in [6, 6.07) is 4.85. The molecule has 1 heterocycles. The zero-order valence-electron chi connectivity index (χ0n) is 13.7. The van der Waals surface area contributed by atoms with Crippen molar-refractivity contribution in [2.24, 2.45) is 21.5 Å². The van der Waals surface area contributed by atoms with E-state index in [0.29, 0.717) is 0 Å². The maximum Gasteiger partial charge on any atom is 0.416 e. The van der Waals surface area contributed by atoms with Crippen molar-refractivity contribution in [3.8, 4) is 0 Å². The first-order chi connectivity index (χ1) is 10.8. The lowest BCUT2D eigenvalue weighted by molar-refractivity contribution is -0.137. The van der Waals surface area contributed by atoms with Crippen molar-refractivity contribution in [3.63, 3.8) is 0 Å². The Morgan fingerprint density at radius 3 is 2.48 bits per heavy atom. The molecule has 4 N–H and O–H groups in total. The molecule has 0 amide bonds. The van der Waals surface area contributed by atoms with Crippen molar-refractivity contribution in [2.45, 2.75) is 38.4 Å². The molecule has 10 heteroatoms. The monoisotopic (exact) mass is 399 g/mol. The lowest BCUT2D eigenvalue weighted by Gasteiger charge is -2.34. The molecule has 2 rings (SSSR count). The van der Waals surface area contributed by atoms with Gasteiger partial charge in [0.05, 0.1) is 11.3 Å². The highest BCUT2D eigenvalue weighted by Gasteiger charge is 2.30. The van der Waals surface area contributed by atoms with E-state index < -0.39 is 11.7 Å². The molecule has 0 bridgehead atoms. The first kappa shape index (κ1) is 23.3. The van der Waals surface area contributed by atoms with Crippen LogP contribution < -0.4 is 11.5 Å². The van der Waals surface area contributed by atoms with Gasteiger partial charge in [0.15, 0.2) is 5.96 Å². The van der Waals surface area contributed by atoms with Crippen LogP contribution in [0.2, 0.25) is 0 Å². The number of nitrogens with zero attached hydrogens (tertiary/aromatic N) is 3. The van der Waals surface area contributed by atoms with Crippen molar-refractivity contribution in [3.05, 3.63) is 29.8 Å². The third-order valence-corrected chi connectivity index (χ3v) is 3.74. The number of piperidine rings is 1. The molecule has 1 atom stereocenters. The highest BCUT2D eigenvalue weighted by Crippen LogP contribution is 2.31. The number of alkyl halides is 3. The van der Waals surface area contributed by atoms with Gasteiger partial charge in [-0.1, -0.05) is 6.07 Å². The number of guanidine groups is 2. The van der Waals surface area contributed by atoms with E-state index >= 15 is 0 Å². The van der Waals surface area contributed by atoms with E-state index in [4.69, 9.17) is 11.5 Å². The zero-order valence-corrected chi connectivity index (χ0v) is 15.3. The quantitative estimate of drug-likeness (QED) is 0.558. The van der Waals surface area contributed by atoms with Gasteiger partial charge in [-0.25, -0.2) is 4.99 Å². The molecule has 1 aliphatic rings. The summed E-state index contributed by atoms with van der Waals surface area (Å²) in [4.78, 5) is 9.83. The van der Waals surface area contributed by atoms with Gasteiger partial charge in [0.25, 0.3) is 0 Å². The van der Waals surface area contributed by atoms with Crippen LogP contribution in [-0.4, -0.2) is 29.4 Å². The highest BCUT2D eigenvalue weighted by atomic mass is 35.5. The summed E-state index contributed by atoms with van der Waals surface area (Å²) in [6.45, 7) is 2.83. The average molecular weight is 400 g/mol. The predicted molar refractivity (Wildman–Crippen MR) is 98.9 cm³/mol. The molecule has 0 aromatic heterocycles. The van der Waals surface area contributed by atoms with Crippen LogP contribution in [0.25, 0.3) is 0 Å². The van der Waals surface area contributed by atoms with Crippen LogP contribution in [0.15, 0.2) is 34.3 Å². The number of nitrogens with two attached hydrogens (primary N) is 2. The molecule has 1 aliphatic heterocycles. The minimum absolute atomic E-state index is 0. The zero-order chi connectivity index (χ0) is 17.0. The van der Waals surface area contributed by atoms with Gasteiger partial charge in [-0.3, -0.25) is 0 Å². The minimum atomic E-state index is -4.42. The van der Waals surface area contributed by atoms with Crippen LogP contribution in [0.4, 0.5) is 18.9 Å². The normalized spacial score (nSPS) is 19.0. The van der Waals surface area contributed by atoms with Gasteiger partial charge in [-0.15, -0.1) is 24.8 Å². The van der Waals surface area contributed by atoms with Gasteiger partial charge >= 0.3 is 6.18 Å². The summed E-state index contributed by atoms with van der Waals surface area (Å²) in [5, 5.41) is 0. The van der Waals surface area contributed by atoms with Crippen LogP contribution in [0.3, 0.4) is 0 Å². The van der Waals surface area contributed by atoms with Crippen molar-refractivity contribution in [1.82, 2.24) is 4.90 Å². The van der Waals surface area contributed by atoms with Crippen LogP contribution in [0, 0.1) is 0 Å². The molecule has 25 heavy (non-hydrogen) atoms. The second-order valence-corrected chi connectivity index (χ2v) is 5.53. The smallest absolute Gasteiger partial charge is 0.369 e. The lowest BCUT2D eigenvalue weighted by Crippen LogP contribution is -2.46. The molecule has 1 aromatic carbocycles. The van der Waals surface area contributed by atoms with E-state index in [2.05, 4.69) is 9.98 Å². The second-order valence-electron chi connectivity index (χ2n) is 5.53. The molecular weight excluding hydrogens is 378 g/mol. The van der Waals surface area contributed by atoms with Gasteiger partial charge in [0.1, 0.15) is 0 Å². The Morgan fingerprint density at radius 1 is 1.20 bits per heavy atom. The van der Waals surface area contributed by atoms with Crippen LogP contribution >= 0.6 is 24.8 Å². The van der Waals surface area contributed by atoms with E-state index in [-0.39, 0.29) is 48.5 Å². The third-order valence-electron chi connectivity index (χ3n) is 3.74. The Kier molecular flexibility index (Phi) is 9.07. The first-order valence-corrected chi connectivity index (χ1v) is 7.39. The number of hydrogen-bond donors (Lipinski definition) is 2. The second kappa shape index (κ2) is 9.72. The third kappa shape index (κ3) is 6.62. The largest absolute Gasteiger partial charge is 0.416 e. The van der Waals surface area contributed by atoms with Gasteiger partial charge in [-0.2, -0.15) is 18.2 Å². The number of benzene rings is 1. The maximum atomic E-state index is 12.7. The molecule has 0 aliphatic carbocycles. The number of hydrogen-bond acceptors (Lipinski definition) is 1. The minimum Gasteiger partial charge on any atom is -0.369 e. The van der Waals surface area contributed by atoms with Crippen LogP contribution in [0.5, 0.6) is 0 Å². The summed E-state index contributed by atoms with van der Waals surface area (Å²) >= 11 is 0. The van der Waals surface area contributed by atoms with Crippen molar-refractivity contribution in [1.29, 1.82) is 0 Å². The molecule has 1 unspecified atom stereocenters. The molecule has 1 fully saturated rings. The van der Waals surface area contributed by atoms with Crippen molar-refractivity contribution < 1.29 is 13.2 Å². The van der Waals surface area contributed by atoms with Gasteiger partial charge in [0.2, 0.25) is 5.96 Å². The van der Waals surface area contributed by atoms with Crippen molar-refractivity contribution in [2.75, 3.05) is 6.54 Å². The van der Waals surface area contributed by atoms with Gasteiger partial charge in [-0.05, 0) is 44.4 Å². The van der Waals surface area contributed by atoms with Gasteiger partial charge in [0, 0.05) is 12.6 Å². The Hall–Kier alpha value is -1.67. The Morgan fingerprint density at radius 2 is 1.88 bits per heavy atom. The molecule has 0 saturated carbocycles. The number of rotatable bonds is 1. The van der Waals surface area contributed by atoms with Crippen LogP contribution in [0.1, 0.15) is 31.7 Å². The number of likely N-dealkylation sites (tertiary alicyclic amines) is 1. The summed E-state index contributed by atoms with van der Waals surface area (Å²) in [5.74, 6) is 0.0741. The van der Waals surface area contributed by atoms with Crippen LogP contribution in [-0.2, 0) is 6.18 Å². The molecule has 0 radical (unpaired) electrons. The van der Waals surface area contributed by atoms with E-state index in [1.165, 1.54) is 12.1 Å². The first-order valence-electron chi connectivity index (χ1n) is 7.39. The van der Waals surface area contributed by atoms with E-state index in [1.807, 2.05) is 11.8 Å². The summed E-state index contributed by atoms with van der Waals surface area (Å²) in [7, 11) is 0. The van der Waals surface area contributed by atoms with E-state index in [9.17, 15) is 13.2 Å². The summed E-state index contributed by atoms with van der Waals surface area (Å²) in [6.07, 6.45) is -1.25. The molecule has 5 nitrogen and oxygen atoms in total. The number of halogens is 5. The van der Waals surface area contributed by atoms with E-state index in [0.717, 1.165) is 37.9 Å². The SMILES string of the molecule is CC1CCCCN1/C(N)=N/C(N)=Nc1cccc(C(F)(F)F)c1.Cl.Cl. The Labute approximate surface area is 157 Å². The topological polar surface area (TPSA) is 80.0 Å². The highest BCUT2D eigenvalue weighted by molar-refractivity contribution is 5.94. The molecular formula is C15H22Cl2F3N5. The predicted octanol–water partition coefficient (Wildman–Crippen LogP) is 3.68. The average Bonchev–Trinajstić information content (AvgIpc) is 2.46. The molecule has 1 saturated heterocycles. The Balaban J connectivity index is 0.00000288. The molecule has 142 valence electrons. The standard InChI is InChI=1S/C15H20F3N5.2ClH/c1-10-5-2-3-8-23(10)14(20)22-13(19)21-12-7-4-6-11(9-12)15(16,17)18;;/h4,6-7,9-10H,2-3,5,8H2,1H3,(H4,19,20,21,22);2*1H. The number of aliphatic imine (C=N–C) groups is 2. The van der Waals surface area contributed by atoms with Gasteiger partial charge < -0.3 is 16.4 Å². The maximum absolute atomic E-state index is 12.7. The fourth-order valence-electron chi connectivity index (χ4n) is 2.53. The lowest BCUT2D eigenvalue weighted by atomic mass is 10.0. The van der Waals surface area contributed by atoms with Crippen molar-refractivity contribution >= 4 is 42.4 Å².